The summed E-state index contributed by atoms with van der Waals surface area (Å²) >= 11 is 0. The third-order valence-electron chi connectivity index (χ3n) is 3.24. The number of piperidine rings is 1. The number of nitrogens with zero attached hydrogens (tertiary/aromatic N) is 3. The van der Waals surface area contributed by atoms with E-state index in [0.717, 1.165) is 19.3 Å². The van der Waals surface area contributed by atoms with Crippen LogP contribution in [0.3, 0.4) is 0 Å². The maximum absolute atomic E-state index is 10.4. The average molecular weight is 237 g/mol. The van der Waals surface area contributed by atoms with E-state index in [2.05, 4.69) is 28.9 Å². The molecule has 0 N–H and O–H groups in total. The van der Waals surface area contributed by atoms with Gasteiger partial charge in [0.05, 0.1) is 12.5 Å². The topological polar surface area (TPSA) is 59.2 Å². The van der Waals surface area contributed by atoms with Gasteiger partial charge in [0.15, 0.2) is 5.82 Å². The zero-order chi connectivity index (χ0) is 12.3. The molecule has 94 valence electrons. The summed E-state index contributed by atoms with van der Waals surface area (Å²) in [6.07, 6.45) is 4.51. The van der Waals surface area contributed by atoms with Crippen LogP contribution in [0.5, 0.6) is 0 Å². The summed E-state index contributed by atoms with van der Waals surface area (Å²) in [5, 5.41) is 3.83. The molecule has 0 aromatic carbocycles. The number of carbonyl (C=O) groups excluding carboxylic acids is 1. The number of hydrogen-bond donors (Lipinski definition) is 0. The van der Waals surface area contributed by atoms with E-state index in [9.17, 15) is 4.79 Å². The predicted octanol–water partition coefficient (Wildman–Crippen LogP) is 1.75. The van der Waals surface area contributed by atoms with E-state index in [1.165, 1.54) is 12.8 Å². The lowest BCUT2D eigenvalue weighted by atomic mass is 10.0. The number of likely N-dealkylation sites (tertiary alicyclic amines) is 1. The van der Waals surface area contributed by atoms with E-state index >= 15 is 0 Å². The Hall–Kier alpha value is -1.23. The molecule has 1 aliphatic heterocycles. The van der Waals surface area contributed by atoms with Crippen LogP contribution in [-0.2, 0) is 11.2 Å². The van der Waals surface area contributed by atoms with Crippen LogP contribution < -0.4 is 0 Å². The van der Waals surface area contributed by atoms with Gasteiger partial charge in [-0.2, -0.15) is 4.98 Å². The van der Waals surface area contributed by atoms with E-state index in [1.807, 2.05) is 0 Å². The van der Waals surface area contributed by atoms with Gasteiger partial charge in [0.25, 0.3) is 0 Å². The molecule has 0 amide bonds. The number of hydrogen-bond acceptors (Lipinski definition) is 5. The minimum Gasteiger partial charge on any atom is -0.338 e. The Balaban J connectivity index is 2.14. The minimum atomic E-state index is 0.219. The van der Waals surface area contributed by atoms with E-state index < -0.39 is 0 Å². The van der Waals surface area contributed by atoms with Crippen molar-refractivity contribution in [3.8, 4) is 0 Å². The Morgan fingerprint density at radius 3 is 3.06 bits per heavy atom. The SMILES string of the molecule is CC(C)N1CCCCC1c1nc(CC=O)no1. The Labute approximate surface area is 101 Å². The zero-order valence-corrected chi connectivity index (χ0v) is 10.4. The molecular formula is C12H19N3O2. The molecule has 0 saturated carbocycles. The van der Waals surface area contributed by atoms with Crippen molar-refractivity contribution >= 4 is 6.29 Å². The maximum atomic E-state index is 10.4. The van der Waals surface area contributed by atoms with Crippen molar-refractivity contribution in [2.75, 3.05) is 6.54 Å². The lowest BCUT2D eigenvalue weighted by Gasteiger charge is -2.36. The van der Waals surface area contributed by atoms with Gasteiger partial charge in [-0.1, -0.05) is 11.6 Å². The van der Waals surface area contributed by atoms with Crippen molar-refractivity contribution in [1.29, 1.82) is 0 Å². The standard InChI is InChI=1S/C12H19N3O2/c1-9(2)15-7-4-3-5-10(15)12-13-11(6-8-16)14-17-12/h8-10H,3-7H2,1-2H3. The first kappa shape index (κ1) is 12.2. The van der Waals surface area contributed by atoms with Gasteiger partial charge in [-0.05, 0) is 33.2 Å². The van der Waals surface area contributed by atoms with Crippen molar-refractivity contribution in [3.63, 3.8) is 0 Å². The summed E-state index contributed by atoms with van der Waals surface area (Å²) in [5.41, 5.74) is 0. The van der Waals surface area contributed by atoms with Crippen LogP contribution in [0.1, 0.15) is 50.9 Å². The van der Waals surface area contributed by atoms with E-state index in [0.29, 0.717) is 17.8 Å². The molecular weight excluding hydrogens is 218 g/mol. The first-order chi connectivity index (χ1) is 8.22. The van der Waals surface area contributed by atoms with Crippen molar-refractivity contribution in [1.82, 2.24) is 15.0 Å². The van der Waals surface area contributed by atoms with Gasteiger partial charge in [-0.15, -0.1) is 0 Å². The third-order valence-corrected chi connectivity index (χ3v) is 3.24. The molecule has 1 unspecified atom stereocenters. The number of carbonyl (C=O) groups is 1. The molecule has 1 aliphatic rings. The minimum absolute atomic E-state index is 0.219. The van der Waals surface area contributed by atoms with Crippen LogP contribution in [0.25, 0.3) is 0 Å². The second-order valence-corrected chi connectivity index (χ2v) is 4.76. The van der Waals surface area contributed by atoms with Crippen LogP contribution in [0.2, 0.25) is 0 Å². The first-order valence-electron chi connectivity index (χ1n) is 6.24. The quantitative estimate of drug-likeness (QED) is 0.747. The largest absolute Gasteiger partial charge is 0.338 e. The molecule has 5 nitrogen and oxygen atoms in total. The summed E-state index contributed by atoms with van der Waals surface area (Å²) in [7, 11) is 0. The summed E-state index contributed by atoms with van der Waals surface area (Å²) < 4.78 is 5.28. The van der Waals surface area contributed by atoms with Gasteiger partial charge < -0.3 is 9.32 Å². The third kappa shape index (κ3) is 2.72. The van der Waals surface area contributed by atoms with Gasteiger partial charge in [-0.25, -0.2) is 0 Å². The lowest BCUT2D eigenvalue weighted by molar-refractivity contribution is -0.107. The van der Waals surface area contributed by atoms with Crippen LogP contribution >= 0.6 is 0 Å². The monoisotopic (exact) mass is 237 g/mol. The Morgan fingerprint density at radius 2 is 2.35 bits per heavy atom. The number of rotatable bonds is 4. The molecule has 1 atom stereocenters. The highest BCUT2D eigenvalue weighted by Crippen LogP contribution is 2.31. The number of aromatic nitrogens is 2. The molecule has 0 spiro atoms. The van der Waals surface area contributed by atoms with Crippen LogP contribution in [0.4, 0.5) is 0 Å². The van der Waals surface area contributed by atoms with Gasteiger partial charge in [0.2, 0.25) is 5.89 Å². The van der Waals surface area contributed by atoms with Crippen molar-refractivity contribution in [2.24, 2.45) is 0 Å². The fourth-order valence-corrected chi connectivity index (χ4v) is 2.40. The molecule has 5 heteroatoms. The van der Waals surface area contributed by atoms with E-state index in [-0.39, 0.29) is 12.5 Å². The second-order valence-electron chi connectivity index (χ2n) is 4.76. The number of aldehydes is 1. The first-order valence-corrected chi connectivity index (χ1v) is 6.24. The van der Waals surface area contributed by atoms with Gasteiger partial charge in [0, 0.05) is 6.04 Å². The fraction of sp³-hybridized carbons (Fsp3) is 0.750. The van der Waals surface area contributed by atoms with Crippen molar-refractivity contribution < 1.29 is 9.32 Å². The molecule has 0 bridgehead atoms. The summed E-state index contributed by atoms with van der Waals surface area (Å²) in [6, 6.07) is 0.693. The lowest BCUT2D eigenvalue weighted by Crippen LogP contribution is -2.38. The van der Waals surface area contributed by atoms with Gasteiger partial charge >= 0.3 is 0 Å². The molecule has 2 heterocycles. The van der Waals surface area contributed by atoms with Crippen molar-refractivity contribution in [3.05, 3.63) is 11.7 Å². The van der Waals surface area contributed by atoms with Gasteiger partial charge in [0.1, 0.15) is 6.29 Å². The van der Waals surface area contributed by atoms with E-state index in [1.54, 1.807) is 0 Å². The highest BCUT2D eigenvalue weighted by Gasteiger charge is 2.30. The van der Waals surface area contributed by atoms with Crippen LogP contribution in [0.15, 0.2) is 4.52 Å². The summed E-state index contributed by atoms with van der Waals surface area (Å²) in [5.74, 6) is 1.15. The molecule has 1 saturated heterocycles. The molecule has 2 rings (SSSR count). The van der Waals surface area contributed by atoms with E-state index in [4.69, 9.17) is 4.52 Å². The zero-order valence-electron chi connectivity index (χ0n) is 10.4. The molecule has 1 aromatic rings. The molecule has 1 fully saturated rings. The van der Waals surface area contributed by atoms with Gasteiger partial charge in [-0.3, -0.25) is 4.90 Å². The Bertz CT molecular complexity index is 376. The van der Waals surface area contributed by atoms with Crippen molar-refractivity contribution in [2.45, 2.75) is 51.6 Å². The molecule has 17 heavy (non-hydrogen) atoms. The highest BCUT2D eigenvalue weighted by molar-refractivity contribution is 5.52. The normalized spacial score (nSPS) is 21.9. The average Bonchev–Trinajstić information content (AvgIpc) is 2.78. The van der Waals surface area contributed by atoms with Crippen LogP contribution in [0, 0.1) is 0 Å². The summed E-state index contributed by atoms with van der Waals surface area (Å²) in [4.78, 5) is 17.1. The fourth-order valence-electron chi connectivity index (χ4n) is 2.40. The summed E-state index contributed by atoms with van der Waals surface area (Å²) in [6.45, 7) is 5.44. The molecule has 1 aromatic heterocycles. The maximum Gasteiger partial charge on any atom is 0.244 e. The van der Waals surface area contributed by atoms with Crippen LogP contribution in [-0.4, -0.2) is 33.9 Å². The highest BCUT2D eigenvalue weighted by atomic mass is 16.5. The smallest absolute Gasteiger partial charge is 0.244 e. The second kappa shape index (κ2) is 5.40. The Kier molecular flexibility index (Phi) is 3.89. The molecule has 0 aliphatic carbocycles. The molecule has 0 radical (unpaired) electrons. The Morgan fingerprint density at radius 1 is 1.53 bits per heavy atom. The predicted molar refractivity (Wildman–Crippen MR) is 62.5 cm³/mol.